The van der Waals surface area contributed by atoms with Crippen molar-refractivity contribution in [3.63, 3.8) is 0 Å². The minimum Gasteiger partial charge on any atom is -0.340 e. The van der Waals surface area contributed by atoms with Gasteiger partial charge in [0.15, 0.2) is 9.84 Å². The fourth-order valence-electron chi connectivity index (χ4n) is 3.12. The van der Waals surface area contributed by atoms with Gasteiger partial charge in [0.1, 0.15) is 6.54 Å². The number of sulfone groups is 1. The maximum absolute atomic E-state index is 12.6. The van der Waals surface area contributed by atoms with Gasteiger partial charge in [-0.25, -0.2) is 8.42 Å². The Hall–Kier alpha value is -1.89. The first-order valence-electron chi connectivity index (χ1n) is 8.45. The summed E-state index contributed by atoms with van der Waals surface area (Å²) >= 11 is 0. The van der Waals surface area contributed by atoms with Crippen molar-refractivity contribution in [2.75, 3.05) is 30.0 Å². The van der Waals surface area contributed by atoms with Crippen molar-refractivity contribution in [2.24, 2.45) is 0 Å². The molecule has 7 heteroatoms. The first-order chi connectivity index (χ1) is 11.6. The summed E-state index contributed by atoms with van der Waals surface area (Å²) in [5.74, 6) is -0.143. The van der Waals surface area contributed by atoms with E-state index in [1.165, 1.54) is 16.7 Å². The fourth-order valence-corrected chi connectivity index (χ4v) is 4.89. The van der Waals surface area contributed by atoms with Crippen molar-refractivity contribution < 1.29 is 18.0 Å². The number of nitrogens with zero attached hydrogens (tertiary/aromatic N) is 2. The van der Waals surface area contributed by atoms with E-state index in [0.717, 1.165) is 11.3 Å². The quantitative estimate of drug-likeness (QED) is 0.796. The number of para-hydroxylation sites is 1. The molecule has 1 heterocycles. The lowest BCUT2D eigenvalue weighted by Gasteiger charge is -2.29. The maximum atomic E-state index is 12.6. The molecule has 0 aliphatic carbocycles. The van der Waals surface area contributed by atoms with Crippen LogP contribution in [0, 0.1) is 0 Å². The molecule has 0 spiro atoms. The monoisotopic (exact) mass is 366 g/mol. The van der Waals surface area contributed by atoms with Gasteiger partial charge in [0, 0.05) is 25.7 Å². The second-order valence-electron chi connectivity index (χ2n) is 6.88. The molecule has 1 fully saturated rings. The van der Waals surface area contributed by atoms with Gasteiger partial charge >= 0.3 is 0 Å². The Bertz CT molecular complexity index is 758. The molecule has 0 bridgehead atoms. The number of likely N-dealkylation sites (N-methyl/N-ethyl adjacent to an activating group) is 1. The van der Waals surface area contributed by atoms with Crippen LogP contribution in [0.25, 0.3) is 0 Å². The predicted octanol–water partition coefficient (Wildman–Crippen LogP) is 1.81. The van der Waals surface area contributed by atoms with Crippen LogP contribution in [-0.2, 0) is 19.4 Å². The zero-order chi connectivity index (χ0) is 18.8. The van der Waals surface area contributed by atoms with Crippen molar-refractivity contribution >= 4 is 27.3 Å². The lowest BCUT2D eigenvalue weighted by atomic mass is 10.0. The molecule has 1 unspecified atom stereocenters. The normalized spacial score (nSPS) is 19.0. The van der Waals surface area contributed by atoms with E-state index in [0.29, 0.717) is 6.42 Å². The number of amides is 2. The molecule has 0 radical (unpaired) electrons. The Labute approximate surface area is 149 Å². The van der Waals surface area contributed by atoms with E-state index >= 15 is 0 Å². The molecule has 25 heavy (non-hydrogen) atoms. The third kappa shape index (κ3) is 4.60. The Morgan fingerprint density at radius 1 is 1.24 bits per heavy atom. The second kappa shape index (κ2) is 7.56. The van der Waals surface area contributed by atoms with E-state index in [1.54, 1.807) is 7.05 Å². The van der Waals surface area contributed by atoms with Gasteiger partial charge in [-0.2, -0.15) is 0 Å². The van der Waals surface area contributed by atoms with Crippen LogP contribution in [0.5, 0.6) is 0 Å². The first-order valence-corrected chi connectivity index (χ1v) is 10.3. The number of benzene rings is 1. The topological polar surface area (TPSA) is 74.8 Å². The van der Waals surface area contributed by atoms with E-state index < -0.39 is 9.84 Å². The van der Waals surface area contributed by atoms with Crippen molar-refractivity contribution in [1.82, 2.24) is 4.90 Å². The molecule has 1 aliphatic heterocycles. The molecule has 0 N–H and O–H groups in total. The minimum absolute atomic E-state index is 0.00209. The van der Waals surface area contributed by atoms with Crippen molar-refractivity contribution in [3.05, 3.63) is 29.8 Å². The average molecular weight is 366 g/mol. The van der Waals surface area contributed by atoms with Crippen LogP contribution in [0.3, 0.4) is 0 Å². The van der Waals surface area contributed by atoms with Crippen LogP contribution < -0.4 is 4.90 Å². The molecule has 0 saturated carbocycles. The summed E-state index contributed by atoms with van der Waals surface area (Å²) in [6, 6.07) is 7.23. The SMILES string of the molecule is CC(=O)N(CC(=O)N(C)C1CCS(=O)(=O)C1)c1ccccc1C(C)C. The first kappa shape index (κ1) is 19.4. The standard InChI is InChI=1S/C18H26N2O4S/c1-13(2)16-7-5-6-8-17(16)20(14(3)21)11-18(22)19(4)15-9-10-25(23,24)12-15/h5-8,13,15H,9-12H2,1-4H3. The number of hydrogen-bond donors (Lipinski definition) is 0. The summed E-state index contributed by atoms with van der Waals surface area (Å²) in [6.45, 7) is 5.42. The summed E-state index contributed by atoms with van der Waals surface area (Å²) < 4.78 is 23.3. The Kier molecular flexibility index (Phi) is 5.87. The summed E-state index contributed by atoms with van der Waals surface area (Å²) in [5.41, 5.74) is 1.72. The molecule has 1 saturated heterocycles. The van der Waals surface area contributed by atoms with Gasteiger partial charge in [0.2, 0.25) is 11.8 Å². The highest BCUT2D eigenvalue weighted by atomic mass is 32.2. The fraction of sp³-hybridized carbons (Fsp3) is 0.556. The molecule has 1 atom stereocenters. The summed E-state index contributed by atoms with van der Waals surface area (Å²) in [6.07, 6.45) is 0.452. The zero-order valence-corrected chi connectivity index (χ0v) is 16.0. The van der Waals surface area contributed by atoms with Crippen LogP contribution >= 0.6 is 0 Å². The Balaban J connectivity index is 2.20. The third-order valence-corrected chi connectivity index (χ3v) is 6.42. The van der Waals surface area contributed by atoms with Gasteiger partial charge in [-0.05, 0) is 24.0 Å². The molecular weight excluding hydrogens is 340 g/mol. The molecule has 1 aromatic rings. The zero-order valence-electron chi connectivity index (χ0n) is 15.2. The Morgan fingerprint density at radius 2 is 1.88 bits per heavy atom. The molecule has 1 aliphatic rings. The van der Waals surface area contributed by atoms with Crippen LogP contribution in [0.15, 0.2) is 24.3 Å². The molecule has 138 valence electrons. The van der Waals surface area contributed by atoms with E-state index in [4.69, 9.17) is 0 Å². The van der Waals surface area contributed by atoms with Gasteiger partial charge in [-0.3, -0.25) is 9.59 Å². The largest absolute Gasteiger partial charge is 0.340 e. The number of carbonyl (C=O) groups is 2. The third-order valence-electron chi connectivity index (χ3n) is 4.67. The predicted molar refractivity (Wildman–Crippen MR) is 98.4 cm³/mol. The van der Waals surface area contributed by atoms with Crippen molar-refractivity contribution in [1.29, 1.82) is 0 Å². The molecule has 2 rings (SSSR count). The summed E-state index contributed by atoms with van der Waals surface area (Å²) in [5, 5.41) is 0. The molecule has 0 aromatic heterocycles. The second-order valence-corrected chi connectivity index (χ2v) is 9.11. The van der Waals surface area contributed by atoms with Gasteiger partial charge in [0.05, 0.1) is 11.5 Å². The number of rotatable bonds is 5. The summed E-state index contributed by atoms with van der Waals surface area (Å²) in [7, 11) is -1.45. The Morgan fingerprint density at radius 3 is 2.40 bits per heavy atom. The molecular formula is C18H26N2O4S. The van der Waals surface area contributed by atoms with Crippen LogP contribution in [-0.4, -0.2) is 56.3 Å². The van der Waals surface area contributed by atoms with Crippen LogP contribution in [0.2, 0.25) is 0 Å². The van der Waals surface area contributed by atoms with Crippen LogP contribution in [0.4, 0.5) is 5.69 Å². The highest BCUT2D eigenvalue weighted by Crippen LogP contribution is 2.27. The molecule has 1 aromatic carbocycles. The summed E-state index contributed by atoms with van der Waals surface area (Å²) in [4.78, 5) is 27.7. The van der Waals surface area contributed by atoms with Crippen LogP contribution in [0.1, 0.15) is 38.7 Å². The number of hydrogen-bond acceptors (Lipinski definition) is 4. The number of carbonyl (C=O) groups excluding carboxylic acids is 2. The molecule has 2 amide bonds. The van der Waals surface area contributed by atoms with E-state index in [9.17, 15) is 18.0 Å². The van der Waals surface area contributed by atoms with Gasteiger partial charge in [-0.1, -0.05) is 32.0 Å². The highest BCUT2D eigenvalue weighted by Gasteiger charge is 2.33. The maximum Gasteiger partial charge on any atom is 0.242 e. The minimum atomic E-state index is -3.06. The lowest BCUT2D eigenvalue weighted by molar-refractivity contribution is -0.131. The smallest absolute Gasteiger partial charge is 0.242 e. The van der Waals surface area contributed by atoms with Crippen molar-refractivity contribution in [2.45, 2.75) is 39.2 Å². The van der Waals surface area contributed by atoms with E-state index in [-0.39, 0.29) is 41.8 Å². The molecule has 6 nitrogen and oxygen atoms in total. The van der Waals surface area contributed by atoms with Gasteiger partial charge < -0.3 is 9.80 Å². The van der Waals surface area contributed by atoms with Crippen molar-refractivity contribution in [3.8, 4) is 0 Å². The van der Waals surface area contributed by atoms with Gasteiger partial charge in [-0.15, -0.1) is 0 Å². The van der Waals surface area contributed by atoms with E-state index in [2.05, 4.69) is 0 Å². The average Bonchev–Trinajstić information content (AvgIpc) is 2.91. The lowest BCUT2D eigenvalue weighted by Crippen LogP contribution is -2.45. The number of anilines is 1. The highest BCUT2D eigenvalue weighted by molar-refractivity contribution is 7.91. The van der Waals surface area contributed by atoms with E-state index in [1.807, 2.05) is 38.1 Å². The van der Waals surface area contributed by atoms with Gasteiger partial charge in [0.25, 0.3) is 0 Å².